The minimum Gasteiger partial charge on any atom is -0.378 e. The summed E-state index contributed by atoms with van der Waals surface area (Å²) in [5, 5.41) is -0.312. The Labute approximate surface area is 127 Å². The first kappa shape index (κ1) is 14.8. The number of halogens is 2. The van der Waals surface area contributed by atoms with Gasteiger partial charge in [0, 0.05) is 20.1 Å². The Hall–Kier alpha value is -1.17. The van der Waals surface area contributed by atoms with E-state index in [1.165, 1.54) is 6.07 Å². The van der Waals surface area contributed by atoms with Crippen molar-refractivity contribution in [1.82, 2.24) is 9.55 Å². The van der Waals surface area contributed by atoms with Gasteiger partial charge in [0.2, 0.25) is 0 Å². The van der Waals surface area contributed by atoms with Gasteiger partial charge in [-0.3, -0.25) is 0 Å². The minimum atomic E-state index is -0.402. The number of methoxy groups -OCH3 is 1. The molecule has 2 unspecified atom stereocenters. The van der Waals surface area contributed by atoms with Gasteiger partial charge in [-0.25, -0.2) is 9.37 Å². The van der Waals surface area contributed by atoms with Crippen LogP contribution in [0.2, 0.25) is 0 Å². The van der Waals surface area contributed by atoms with Crippen molar-refractivity contribution in [2.75, 3.05) is 20.3 Å². The molecule has 6 heteroatoms. The van der Waals surface area contributed by atoms with Crippen LogP contribution in [0.5, 0.6) is 0 Å². The molecule has 21 heavy (non-hydrogen) atoms. The Morgan fingerprint density at radius 2 is 2.38 bits per heavy atom. The van der Waals surface area contributed by atoms with E-state index in [-0.39, 0.29) is 11.2 Å². The Morgan fingerprint density at radius 1 is 1.57 bits per heavy atom. The molecule has 0 N–H and O–H groups in total. The van der Waals surface area contributed by atoms with E-state index in [1.54, 1.807) is 13.2 Å². The van der Waals surface area contributed by atoms with Crippen LogP contribution in [0.3, 0.4) is 0 Å². The summed E-state index contributed by atoms with van der Waals surface area (Å²) in [6.45, 7) is 3.58. The molecular formula is C15H18ClFN2O2. The molecule has 0 saturated carbocycles. The number of hydrogen-bond donors (Lipinski definition) is 0. The molecule has 0 aliphatic carbocycles. The van der Waals surface area contributed by atoms with Crippen molar-refractivity contribution in [3.8, 4) is 0 Å². The molecule has 2 aromatic rings. The Bertz CT molecular complexity index is 650. The third-order valence-corrected chi connectivity index (χ3v) is 4.26. The molecule has 1 fully saturated rings. The van der Waals surface area contributed by atoms with Gasteiger partial charge in [0.1, 0.15) is 16.9 Å². The maximum atomic E-state index is 14.0. The predicted octanol–water partition coefficient (Wildman–Crippen LogP) is 3.28. The topological polar surface area (TPSA) is 36.3 Å². The fourth-order valence-corrected chi connectivity index (χ4v) is 2.99. The van der Waals surface area contributed by atoms with Gasteiger partial charge in [-0.05, 0) is 19.1 Å². The summed E-state index contributed by atoms with van der Waals surface area (Å²) < 4.78 is 27.1. The number of fused-ring (bicyclic) bond motifs is 1. The molecule has 1 aromatic heterocycles. The molecule has 0 radical (unpaired) electrons. The number of alkyl halides is 1. The van der Waals surface area contributed by atoms with Crippen molar-refractivity contribution in [3.63, 3.8) is 0 Å². The van der Waals surface area contributed by atoms with E-state index in [0.29, 0.717) is 31.1 Å². The molecule has 1 saturated heterocycles. The summed E-state index contributed by atoms with van der Waals surface area (Å²) in [7, 11) is 1.68. The molecule has 3 rings (SSSR count). The molecule has 1 aliphatic rings. The van der Waals surface area contributed by atoms with Gasteiger partial charge in [-0.1, -0.05) is 6.07 Å². The Morgan fingerprint density at radius 3 is 3.00 bits per heavy atom. The van der Waals surface area contributed by atoms with Gasteiger partial charge in [0.15, 0.2) is 5.82 Å². The van der Waals surface area contributed by atoms with Crippen LogP contribution in [0.25, 0.3) is 11.0 Å². The van der Waals surface area contributed by atoms with Crippen molar-refractivity contribution in [3.05, 3.63) is 29.8 Å². The van der Waals surface area contributed by atoms with Crippen LogP contribution >= 0.6 is 11.6 Å². The number of ether oxygens (including phenoxy) is 2. The molecular weight excluding hydrogens is 295 g/mol. The first-order chi connectivity index (χ1) is 10.1. The first-order valence-electron chi connectivity index (χ1n) is 6.98. The Kier molecular flexibility index (Phi) is 3.90. The number of nitrogens with zero attached hydrogens (tertiary/aromatic N) is 2. The van der Waals surface area contributed by atoms with Gasteiger partial charge in [0.25, 0.3) is 0 Å². The van der Waals surface area contributed by atoms with Crippen molar-refractivity contribution in [2.45, 2.75) is 30.9 Å². The fourth-order valence-electron chi connectivity index (χ4n) is 2.83. The second-order valence-corrected chi connectivity index (χ2v) is 6.12. The maximum Gasteiger partial charge on any atom is 0.151 e. The average Bonchev–Trinajstić information content (AvgIpc) is 3.06. The number of hydrogen-bond acceptors (Lipinski definition) is 3. The minimum absolute atomic E-state index is 0.312. The molecule has 1 aromatic carbocycles. The fraction of sp³-hybridized carbons (Fsp3) is 0.533. The maximum absolute atomic E-state index is 14.0. The quantitative estimate of drug-likeness (QED) is 0.813. The number of benzene rings is 1. The summed E-state index contributed by atoms with van der Waals surface area (Å²) in [6, 6.07) is 4.95. The van der Waals surface area contributed by atoms with E-state index in [0.717, 1.165) is 11.9 Å². The van der Waals surface area contributed by atoms with Gasteiger partial charge in [-0.15, -0.1) is 11.6 Å². The molecule has 2 heterocycles. The number of para-hydroxylation sites is 1. The van der Waals surface area contributed by atoms with Crippen molar-refractivity contribution >= 4 is 22.6 Å². The van der Waals surface area contributed by atoms with E-state index >= 15 is 0 Å². The lowest BCUT2D eigenvalue weighted by atomic mass is 10.0. The lowest BCUT2D eigenvalue weighted by molar-refractivity contribution is -0.0292. The summed E-state index contributed by atoms with van der Waals surface area (Å²) in [6.07, 6.45) is 0.800. The van der Waals surface area contributed by atoms with Gasteiger partial charge in [-0.2, -0.15) is 0 Å². The van der Waals surface area contributed by atoms with E-state index in [4.69, 9.17) is 21.1 Å². The largest absolute Gasteiger partial charge is 0.378 e. The monoisotopic (exact) mass is 312 g/mol. The van der Waals surface area contributed by atoms with Crippen LogP contribution in [0.15, 0.2) is 18.2 Å². The van der Waals surface area contributed by atoms with E-state index in [2.05, 4.69) is 4.98 Å². The molecule has 0 amide bonds. The zero-order valence-electron chi connectivity index (χ0n) is 12.1. The smallest absolute Gasteiger partial charge is 0.151 e. The van der Waals surface area contributed by atoms with Crippen molar-refractivity contribution < 1.29 is 13.9 Å². The first-order valence-corrected chi connectivity index (χ1v) is 7.41. The summed E-state index contributed by atoms with van der Waals surface area (Å²) in [4.78, 5) is 4.38. The van der Waals surface area contributed by atoms with E-state index in [9.17, 15) is 4.39 Å². The Balaban J connectivity index is 2.11. The van der Waals surface area contributed by atoms with Crippen LogP contribution in [-0.4, -0.2) is 35.5 Å². The summed E-state index contributed by atoms with van der Waals surface area (Å²) >= 11 is 6.23. The van der Waals surface area contributed by atoms with Gasteiger partial charge < -0.3 is 14.0 Å². The molecule has 0 spiro atoms. The SMILES string of the molecule is COC1(Cn2c(C(C)Cl)nc3c(F)cccc32)CCOC1. The zero-order valence-corrected chi connectivity index (χ0v) is 12.9. The van der Waals surface area contributed by atoms with Crippen LogP contribution in [0, 0.1) is 5.82 Å². The third kappa shape index (κ3) is 2.54. The molecule has 4 nitrogen and oxygen atoms in total. The zero-order chi connectivity index (χ0) is 15.0. The molecule has 2 atom stereocenters. The summed E-state index contributed by atoms with van der Waals surface area (Å²) in [5.41, 5.74) is 0.687. The number of rotatable bonds is 4. The highest BCUT2D eigenvalue weighted by Gasteiger charge is 2.37. The molecule has 1 aliphatic heterocycles. The lowest BCUT2D eigenvalue weighted by Crippen LogP contribution is -2.37. The molecule has 114 valence electrons. The van der Waals surface area contributed by atoms with Crippen LogP contribution in [-0.2, 0) is 16.0 Å². The normalized spacial score (nSPS) is 23.8. The van der Waals surface area contributed by atoms with Crippen LogP contribution < -0.4 is 0 Å². The third-order valence-electron chi connectivity index (χ3n) is 4.06. The standard InChI is InChI=1S/C15H18ClFN2O2/c1-10(16)14-18-13-11(17)4-3-5-12(13)19(14)8-15(20-2)6-7-21-9-15/h3-5,10H,6-9H2,1-2H3. The second-order valence-electron chi connectivity index (χ2n) is 5.47. The number of aromatic nitrogens is 2. The summed E-state index contributed by atoms with van der Waals surface area (Å²) in [5.74, 6) is 0.319. The van der Waals surface area contributed by atoms with Crippen LogP contribution in [0.1, 0.15) is 24.5 Å². The lowest BCUT2D eigenvalue weighted by Gasteiger charge is -2.27. The number of imidazole rings is 1. The van der Waals surface area contributed by atoms with E-state index < -0.39 is 5.60 Å². The van der Waals surface area contributed by atoms with Gasteiger partial charge >= 0.3 is 0 Å². The van der Waals surface area contributed by atoms with E-state index in [1.807, 2.05) is 17.6 Å². The average molecular weight is 313 g/mol. The highest BCUT2D eigenvalue weighted by Crippen LogP contribution is 2.31. The second kappa shape index (κ2) is 5.55. The van der Waals surface area contributed by atoms with Gasteiger partial charge in [0.05, 0.1) is 24.0 Å². The highest BCUT2D eigenvalue weighted by molar-refractivity contribution is 6.20. The molecule has 0 bridgehead atoms. The van der Waals surface area contributed by atoms with Crippen molar-refractivity contribution in [2.24, 2.45) is 0 Å². The van der Waals surface area contributed by atoms with Crippen molar-refractivity contribution in [1.29, 1.82) is 0 Å². The highest BCUT2D eigenvalue weighted by atomic mass is 35.5. The van der Waals surface area contributed by atoms with Crippen LogP contribution in [0.4, 0.5) is 4.39 Å². The predicted molar refractivity (Wildman–Crippen MR) is 79.1 cm³/mol.